The van der Waals surface area contributed by atoms with Crippen LogP contribution < -0.4 is 4.90 Å². The van der Waals surface area contributed by atoms with Crippen LogP contribution in [0.3, 0.4) is 0 Å². The van der Waals surface area contributed by atoms with Crippen LogP contribution in [0.5, 0.6) is 5.88 Å². The lowest BCUT2D eigenvalue weighted by molar-refractivity contribution is -0.384. The lowest BCUT2D eigenvalue weighted by Crippen LogP contribution is -2.35. The number of nitro groups is 1. The van der Waals surface area contributed by atoms with Crippen molar-refractivity contribution in [3.05, 3.63) is 94.0 Å². The second-order valence-electron chi connectivity index (χ2n) is 8.65. The highest BCUT2D eigenvalue weighted by atomic mass is 16.6. The molecule has 9 nitrogen and oxygen atoms in total. The number of rotatable bonds is 8. The smallest absolute Gasteiger partial charge is 0.270 e. The molecule has 0 spiro atoms. The van der Waals surface area contributed by atoms with E-state index in [-0.39, 0.29) is 17.5 Å². The van der Waals surface area contributed by atoms with Crippen molar-refractivity contribution in [1.82, 2.24) is 9.88 Å². The van der Waals surface area contributed by atoms with Crippen LogP contribution in [0.4, 0.5) is 17.1 Å². The molecule has 184 valence electrons. The largest absolute Gasteiger partial charge is 0.494 e. The molecule has 1 heterocycles. The van der Waals surface area contributed by atoms with Crippen molar-refractivity contribution in [2.75, 3.05) is 32.1 Å². The number of nitrogens with one attached hydrogen (secondary N) is 1. The summed E-state index contributed by atoms with van der Waals surface area (Å²) in [5.41, 5.74) is 3.42. The van der Waals surface area contributed by atoms with Crippen molar-refractivity contribution in [2.45, 2.75) is 6.92 Å². The second-order valence-corrected chi connectivity index (χ2v) is 8.65. The zero-order valence-corrected chi connectivity index (χ0v) is 20.3. The molecule has 0 radical (unpaired) electrons. The van der Waals surface area contributed by atoms with E-state index in [1.807, 2.05) is 61.5 Å². The van der Waals surface area contributed by atoms with Gasteiger partial charge in [-0.2, -0.15) is 0 Å². The van der Waals surface area contributed by atoms with Crippen LogP contribution in [0, 0.1) is 10.1 Å². The first kappa shape index (κ1) is 24.6. The van der Waals surface area contributed by atoms with E-state index < -0.39 is 4.92 Å². The number of hydrogen-bond acceptors (Lipinski definition) is 6. The minimum Gasteiger partial charge on any atom is -0.494 e. The minimum atomic E-state index is -0.470. The molecule has 2 N–H and O–H groups in total. The molecule has 0 aliphatic carbocycles. The molecule has 4 rings (SSSR count). The Hall–Kier alpha value is -4.50. The summed E-state index contributed by atoms with van der Waals surface area (Å²) >= 11 is 0. The number of aromatic hydroxyl groups is 1. The summed E-state index contributed by atoms with van der Waals surface area (Å²) in [7, 11) is 3.91. The van der Waals surface area contributed by atoms with Gasteiger partial charge in [-0.15, -0.1) is 0 Å². The van der Waals surface area contributed by atoms with E-state index in [9.17, 15) is 20.0 Å². The fourth-order valence-corrected chi connectivity index (χ4v) is 3.98. The van der Waals surface area contributed by atoms with Gasteiger partial charge in [0, 0.05) is 54.3 Å². The number of aromatic amines is 1. The maximum absolute atomic E-state index is 12.2. The summed E-state index contributed by atoms with van der Waals surface area (Å²) in [6.45, 7) is 2.82. The quantitative estimate of drug-likeness (QED) is 0.210. The Bertz CT molecular complexity index is 1430. The zero-order valence-electron chi connectivity index (χ0n) is 20.3. The molecule has 0 fully saturated rings. The van der Waals surface area contributed by atoms with Crippen LogP contribution in [0.15, 0.2) is 77.8 Å². The molecule has 9 heteroatoms. The molecule has 0 atom stereocenters. The molecule has 36 heavy (non-hydrogen) atoms. The zero-order chi connectivity index (χ0) is 25.8. The molecule has 0 saturated heterocycles. The number of aliphatic imine (C=N–C) groups is 1. The molecule has 1 aromatic heterocycles. The van der Waals surface area contributed by atoms with Gasteiger partial charge in [0.1, 0.15) is 0 Å². The summed E-state index contributed by atoms with van der Waals surface area (Å²) in [4.78, 5) is 34.6. The normalized spacial score (nSPS) is 11.7. The number of benzene rings is 3. The molecule has 4 aromatic rings. The number of fused-ring (bicyclic) bond motifs is 1. The third-order valence-electron chi connectivity index (χ3n) is 5.81. The molecular weight excluding hydrogens is 458 g/mol. The number of carbonyl (C=O) groups excluding carboxylic acids is 1. The highest BCUT2D eigenvalue weighted by Gasteiger charge is 2.21. The van der Waals surface area contributed by atoms with Gasteiger partial charge < -0.3 is 19.9 Å². The average molecular weight is 486 g/mol. The number of H-pyrrole nitrogens is 1. The molecule has 0 aliphatic rings. The second kappa shape index (κ2) is 10.4. The van der Waals surface area contributed by atoms with E-state index in [4.69, 9.17) is 4.99 Å². The summed E-state index contributed by atoms with van der Waals surface area (Å²) in [6.07, 6.45) is 0. The monoisotopic (exact) mass is 485 g/mol. The van der Waals surface area contributed by atoms with Crippen LogP contribution in [0.2, 0.25) is 0 Å². The Balaban J connectivity index is 1.81. The van der Waals surface area contributed by atoms with E-state index >= 15 is 0 Å². The van der Waals surface area contributed by atoms with E-state index in [2.05, 4.69) is 4.98 Å². The summed E-state index contributed by atoms with van der Waals surface area (Å²) in [6, 6.07) is 21.0. The van der Waals surface area contributed by atoms with Crippen LogP contribution in [0.25, 0.3) is 10.9 Å². The van der Waals surface area contributed by atoms with Gasteiger partial charge >= 0.3 is 0 Å². The Kier molecular flexibility index (Phi) is 7.12. The van der Waals surface area contributed by atoms with Gasteiger partial charge in [0.25, 0.3) is 5.69 Å². The van der Waals surface area contributed by atoms with Crippen LogP contribution >= 0.6 is 0 Å². The number of likely N-dealkylation sites (N-methyl/N-ethyl adjacent to an activating group) is 1. The van der Waals surface area contributed by atoms with Gasteiger partial charge in [-0.3, -0.25) is 14.9 Å². The third-order valence-corrected chi connectivity index (χ3v) is 5.81. The predicted octanol–water partition coefficient (Wildman–Crippen LogP) is 4.87. The van der Waals surface area contributed by atoms with E-state index in [0.717, 1.165) is 17.8 Å². The first-order chi connectivity index (χ1) is 17.2. The number of aromatic nitrogens is 1. The number of anilines is 1. The molecular formula is C27H27N5O4. The van der Waals surface area contributed by atoms with Gasteiger partial charge in [0.2, 0.25) is 5.91 Å². The fourth-order valence-electron chi connectivity index (χ4n) is 3.98. The highest BCUT2D eigenvalue weighted by Crippen LogP contribution is 2.34. The van der Waals surface area contributed by atoms with Crippen LogP contribution in [-0.2, 0) is 4.79 Å². The van der Waals surface area contributed by atoms with E-state index in [1.165, 1.54) is 19.1 Å². The van der Waals surface area contributed by atoms with Gasteiger partial charge in [-0.25, -0.2) is 4.99 Å². The van der Waals surface area contributed by atoms with Gasteiger partial charge in [0.05, 0.1) is 21.9 Å². The fraction of sp³-hybridized carbons (Fsp3) is 0.185. The van der Waals surface area contributed by atoms with Crippen molar-refractivity contribution in [1.29, 1.82) is 0 Å². The lowest BCUT2D eigenvalue weighted by Gasteiger charge is -2.23. The van der Waals surface area contributed by atoms with Crippen molar-refractivity contribution >= 4 is 39.6 Å². The van der Waals surface area contributed by atoms with Crippen molar-refractivity contribution in [3.8, 4) is 5.88 Å². The first-order valence-electron chi connectivity index (χ1n) is 11.4. The Morgan fingerprint density at radius 2 is 1.72 bits per heavy atom. The molecule has 3 aromatic carbocycles. The van der Waals surface area contributed by atoms with E-state index in [0.29, 0.717) is 34.4 Å². The maximum atomic E-state index is 12.2. The van der Waals surface area contributed by atoms with Crippen LogP contribution in [-0.4, -0.2) is 58.7 Å². The SMILES string of the molecule is CC(=O)N(CCN(C)C)c1ccc(N=C(c2ccccc2)c2c(O)[nH]c3ccc([N+](=O)[O-])cc23)cc1. The highest BCUT2D eigenvalue weighted by molar-refractivity contribution is 6.22. The number of hydrogen-bond donors (Lipinski definition) is 2. The average Bonchev–Trinajstić information content (AvgIpc) is 3.18. The predicted molar refractivity (Wildman–Crippen MR) is 141 cm³/mol. The van der Waals surface area contributed by atoms with Gasteiger partial charge in [0.15, 0.2) is 5.88 Å². The molecule has 0 aliphatic heterocycles. The summed E-state index contributed by atoms with van der Waals surface area (Å²) in [5.74, 6) is -0.181. The van der Waals surface area contributed by atoms with Gasteiger partial charge in [-0.05, 0) is 44.4 Å². The number of amides is 1. The Morgan fingerprint density at radius 1 is 1.03 bits per heavy atom. The molecule has 0 unspecified atom stereocenters. The number of nitrogens with zero attached hydrogens (tertiary/aromatic N) is 4. The summed E-state index contributed by atoms with van der Waals surface area (Å²) in [5, 5.41) is 22.7. The third kappa shape index (κ3) is 5.26. The van der Waals surface area contributed by atoms with Crippen molar-refractivity contribution < 1.29 is 14.8 Å². The standard InChI is InChI=1S/C27H27N5O4/c1-18(33)31(16-15-30(2)3)21-11-9-20(10-12-21)28-26(19-7-5-4-6-8-19)25-23-17-22(32(35)36)13-14-24(23)29-27(25)34/h4-14,17,29,34H,15-16H2,1-3H3. The topological polar surface area (TPSA) is 115 Å². The molecule has 0 saturated carbocycles. The van der Waals surface area contributed by atoms with Gasteiger partial charge in [-0.1, -0.05) is 30.3 Å². The maximum Gasteiger partial charge on any atom is 0.270 e. The Labute approximate surface area is 208 Å². The lowest BCUT2D eigenvalue weighted by atomic mass is 10.0. The summed E-state index contributed by atoms with van der Waals surface area (Å²) < 4.78 is 0. The number of carbonyl (C=O) groups is 1. The first-order valence-corrected chi connectivity index (χ1v) is 11.4. The molecule has 0 bridgehead atoms. The minimum absolute atomic E-state index is 0.0524. The molecule has 1 amide bonds. The van der Waals surface area contributed by atoms with Crippen molar-refractivity contribution in [3.63, 3.8) is 0 Å². The number of nitro benzene ring substituents is 1. The van der Waals surface area contributed by atoms with Crippen LogP contribution in [0.1, 0.15) is 18.1 Å². The van der Waals surface area contributed by atoms with Crippen molar-refractivity contribution in [2.24, 2.45) is 4.99 Å². The Morgan fingerprint density at radius 3 is 2.33 bits per heavy atom. The van der Waals surface area contributed by atoms with E-state index in [1.54, 1.807) is 23.1 Å². The number of non-ortho nitro benzene ring substituents is 1.